The van der Waals surface area contributed by atoms with Gasteiger partial charge < -0.3 is 15.7 Å². The average molecular weight is 390 g/mol. The topological polar surface area (TPSA) is 129 Å². The fourth-order valence-corrected chi connectivity index (χ4v) is 3.35. The molecule has 1 aliphatic rings. The molecule has 1 aliphatic heterocycles. The third kappa shape index (κ3) is 5.74. The van der Waals surface area contributed by atoms with Gasteiger partial charge in [0, 0.05) is 32.0 Å². The van der Waals surface area contributed by atoms with Crippen molar-refractivity contribution in [2.24, 2.45) is 0 Å². The van der Waals surface area contributed by atoms with Crippen LogP contribution in [0.15, 0.2) is 24.5 Å². The Bertz CT molecular complexity index is 808. The third-order valence-electron chi connectivity index (χ3n) is 4.84. The first kappa shape index (κ1) is 21.3. The van der Waals surface area contributed by atoms with Crippen LogP contribution in [0.3, 0.4) is 0 Å². The largest absolute Gasteiger partial charge is 0.483 e. The summed E-state index contributed by atoms with van der Waals surface area (Å²) in [6.07, 6.45) is 3.92. The number of nitrogens with zero attached hydrogens (tertiary/aromatic N) is 4. The van der Waals surface area contributed by atoms with Gasteiger partial charge in [-0.3, -0.25) is 19.3 Å². The molecule has 10 heteroatoms. The fraction of sp³-hybridized carbons (Fsp3) is 0.500. The lowest BCUT2D eigenvalue weighted by Gasteiger charge is -2.25. The monoisotopic (exact) mass is 390 g/mol. The van der Waals surface area contributed by atoms with Crippen LogP contribution in [0.2, 0.25) is 0 Å². The van der Waals surface area contributed by atoms with E-state index in [2.05, 4.69) is 25.6 Å². The van der Waals surface area contributed by atoms with Crippen molar-refractivity contribution < 1.29 is 19.5 Å². The Morgan fingerprint density at radius 1 is 1.29 bits per heavy atom. The summed E-state index contributed by atoms with van der Waals surface area (Å²) in [4.78, 5) is 38.1. The van der Waals surface area contributed by atoms with Crippen molar-refractivity contribution in [3.63, 3.8) is 0 Å². The van der Waals surface area contributed by atoms with Gasteiger partial charge in [0.15, 0.2) is 5.65 Å². The van der Waals surface area contributed by atoms with Crippen molar-refractivity contribution in [2.45, 2.75) is 44.8 Å². The van der Waals surface area contributed by atoms with Crippen molar-refractivity contribution >= 4 is 23.9 Å². The summed E-state index contributed by atoms with van der Waals surface area (Å²) >= 11 is 0. The Morgan fingerprint density at radius 3 is 2.71 bits per heavy atom. The lowest BCUT2D eigenvalue weighted by molar-refractivity contribution is -0.123. The fourth-order valence-electron chi connectivity index (χ4n) is 3.35. The predicted octanol–water partition coefficient (Wildman–Crippen LogP) is 0.0353. The van der Waals surface area contributed by atoms with Crippen LogP contribution in [-0.4, -0.2) is 68.6 Å². The number of hydrogen-bond donors (Lipinski definition) is 3. The molecule has 0 unspecified atom stereocenters. The van der Waals surface area contributed by atoms with Gasteiger partial charge in [0.1, 0.15) is 6.33 Å². The van der Waals surface area contributed by atoms with E-state index in [4.69, 9.17) is 9.90 Å². The molecule has 28 heavy (non-hydrogen) atoms. The maximum Gasteiger partial charge on any atom is 0.290 e. The minimum Gasteiger partial charge on any atom is -0.483 e. The van der Waals surface area contributed by atoms with E-state index in [1.54, 1.807) is 4.52 Å². The Balaban J connectivity index is 0.000000878. The molecule has 0 radical (unpaired) electrons. The lowest BCUT2D eigenvalue weighted by Crippen LogP contribution is -2.42. The molecule has 152 valence electrons. The second-order valence-corrected chi connectivity index (χ2v) is 6.62. The normalized spacial score (nSPS) is 18.9. The Hall–Kier alpha value is -3.01. The van der Waals surface area contributed by atoms with Crippen molar-refractivity contribution in [1.29, 1.82) is 0 Å². The molecule has 2 aromatic rings. The van der Waals surface area contributed by atoms with E-state index in [9.17, 15) is 9.59 Å². The highest BCUT2D eigenvalue weighted by Crippen LogP contribution is 2.24. The van der Waals surface area contributed by atoms with Crippen LogP contribution in [0.25, 0.3) is 5.65 Å². The van der Waals surface area contributed by atoms with E-state index < -0.39 is 0 Å². The van der Waals surface area contributed by atoms with Gasteiger partial charge in [-0.2, -0.15) is 5.10 Å². The average Bonchev–Trinajstić information content (AvgIpc) is 3.27. The molecule has 10 nitrogen and oxygen atoms in total. The molecule has 0 spiro atoms. The number of likely N-dealkylation sites (tertiary alicyclic amines) is 1. The van der Waals surface area contributed by atoms with E-state index in [1.807, 2.05) is 25.2 Å². The van der Waals surface area contributed by atoms with Crippen LogP contribution in [0.5, 0.6) is 0 Å². The van der Waals surface area contributed by atoms with Gasteiger partial charge in [-0.15, -0.1) is 0 Å². The van der Waals surface area contributed by atoms with E-state index >= 15 is 0 Å². The summed E-state index contributed by atoms with van der Waals surface area (Å²) in [6, 6.07) is 6.21. The minimum atomic E-state index is -0.250. The second kappa shape index (κ2) is 10.4. The van der Waals surface area contributed by atoms with Crippen LogP contribution in [-0.2, 0) is 20.9 Å². The molecule has 1 fully saturated rings. The Morgan fingerprint density at radius 2 is 2.00 bits per heavy atom. The van der Waals surface area contributed by atoms with Crippen LogP contribution < -0.4 is 10.6 Å². The molecular formula is C18H26N6O4. The highest BCUT2D eigenvalue weighted by Gasteiger charge is 2.31. The van der Waals surface area contributed by atoms with Crippen molar-refractivity contribution in [3.05, 3.63) is 30.2 Å². The number of nitrogens with one attached hydrogen (secondary N) is 2. The number of carbonyl (C=O) groups is 3. The first-order valence-corrected chi connectivity index (χ1v) is 9.04. The number of fused-ring (bicyclic) bond motifs is 1. The molecule has 3 heterocycles. The SMILES string of the molecule is CC(=O)NC[C@H]1CC[C@@H](CC(=O)NCc2cccc3ncnn23)N1C.O=CO. The highest BCUT2D eigenvalue weighted by atomic mass is 16.3. The number of aromatic nitrogens is 3. The van der Waals surface area contributed by atoms with Crippen LogP contribution in [0.4, 0.5) is 0 Å². The van der Waals surface area contributed by atoms with Crippen LogP contribution in [0, 0.1) is 0 Å². The number of rotatable bonds is 6. The number of carboxylic acid groups (broad SMARTS) is 1. The van der Waals surface area contributed by atoms with E-state index in [0.29, 0.717) is 25.6 Å². The molecule has 0 saturated carbocycles. The first-order valence-electron chi connectivity index (χ1n) is 9.04. The van der Waals surface area contributed by atoms with Crippen molar-refractivity contribution in [1.82, 2.24) is 30.1 Å². The number of amides is 2. The Kier molecular flexibility index (Phi) is 7.88. The molecule has 0 aromatic carbocycles. The molecular weight excluding hydrogens is 364 g/mol. The summed E-state index contributed by atoms with van der Waals surface area (Å²) in [5.41, 5.74) is 1.66. The zero-order valence-corrected chi connectivity index (χ0v) is 16.0. The maximum atomic E-state index is 12.3. The van der Waals surface area contributed by atoms with Gasteiger partial charge in [0.05, 0.1) is 12.2 Å². The van der Waals surface area contributed by atoms with Gasteiger partial charge >= 0.3 is 0 Å². The maximum absolute atomic E-state index is 12.3. The minimum absolute atomic E-state index is 0.0168. The molecule has 2 amide bonds. The van der Waals surface area contributed by atoms with Gasteiger partial charge in [-0.25, -0.2) is 9.50 Å². The summed E-state index contributed by atoms with van der Waals surface area (Å²) in [5, 5.41) is 16.9. The third-order valence-corrected chi connectivity index (χ3v) is 4.84. The van der Waals surface area contributed by atoms with Crippen molar-refractivity contribution in [3.8, 4) is 0 Å². The van der Waals surface area contributed by atoms with Gasteiger partial charge in [-0.1, -0.05) is 6.07 Å². The number of carbonyl (C=O) groups excluding carboxylic acids is 2. The number of pyridine rings is 1. The standard InChI is InChI=1S/C17H24N6O2.CH2O2/c1-12(24)18-9-14-7-6-13(22(14)2)8-17(25)19-10-15-4-3-5-16-20-11-21-23(15)16;2-1-3/h3-5,11,13-14H,6-10H2,1-2H3,(H,18,24)(H,19,25);1H,(H,2,3)/t13-,14+;/m0./s1. The highest BCUT2D eigenvalue weighted by molar-refractivity contribution is 5.76. The van der Waals surface area contributed by atoms with E-state index in [-0.39, 0.29) is 24.3 Å². The number of likely N-dealkylation sites (N-methyl/N-ethyl adjacent to an activating group) is 1. The first-order chi connectivity index (χ1) is 13.5. The summed E-state index contributed by atoms with van der Waals surface area (Å²) in [6.45, 7) is 2.33. The Labute approximate surface area is 162 Å². The van der Waals surface area contributed by atoms with Gasteiger partial charge in [0.2, 0.25) is 11.8 Å². The van der Waals surface area contributed by atoms with Crippen LogP contribution >= 0.6 is 0 Å². The zero-order valence-electron chi connectivity index (χ0n) is 16.0. The van der Waals surface area contributed by atoms with E-state index in [0.717, 1.165) is 24.2 Å². The summed E-state index contributed by atoms with van der Waals surface area (Å²) in [7, 11) is 2.02. The molecule has 3 rings (SSSR count). The van der Waals surface area contributed by atoms with Gasteiger partial charge in [-0.05, 0) is 32.0 Å². The second-order valence-electron chi connectivity index (χ2n) is 6.62. The number of hydrogen-bond acceptors (Lipinski definition) is 6. The molecule has 0 aliphatic carbocycles. The summed E-state index contributed by atoms with van der Waals surface area (Å²) < 4.78 is 1.73. The quantitative estimate of drug-likeness (QED) is 0.594. The smallest absolute Gasteiger partial charge is 0.290 e. The molecule has 2 aromatic heterocycles. The van der Waals surface area contributed by atoms with Gasteiger partial charge in [0.25, 0.3) is 6.47 Å². The zero-order chi connectivity index (χ0) is 20.5. The molecule has 1 saturated heterocycles. The summed E-state index contributed by atoms with van der Waals surface area (Å²) in [5.74, 6) is 0.00558. The van der Waals surface area contributed by atoms with Crippen molar-refractivity contribution in [2.75, 3.05) is 13.6 Å². The predicted molar refractivity (Wildman–Crippen MR) is 101 cm³/mol. The van der Waals surface area contributed by atoms with E-state index in [1.165, 1.54) is 13.3 Å². The molecule has 0 bridgehead atoms. The lowest BCUT2D eigenvalue weighted by atomic mass is 10.1. The molecule has 3 N–H and O–H groups in total. The molecule has 2 atom stereocenters. The van der Waals surface area contributed by atoms with Crippen LogP contribution in [0.1, 0.15) is 31.9 Å².